The van der Waals surface area contributed by atoms with Crippen LogP contribution in [0.2, 0.25) is 0 Å². The number of nitro benzene ring substituents is 1. The summed E-state index contributed by atoms with van der Waals surface area (Å²) in [6.07, 6.45) is 0. The summed E-state index contributed by atoms with van der Waals surface area (Å²) >= 11 is 1.41. The summed E-state index contributed by atoms with van der Waals surface area (Å²) in [4.78, 5) is 24.0. The van der Waals surface area contributed by atoms with Crippen molar-refractivity contribution < 1.29 is 14.5 Å². The van der Waals surface area contributed by atoms with Gasteiger partial charge in [0.15, 0.2) is 0 Å². The first-order valence-electron chi connectivity index (χ1n) is 7.69. The number of amides is 1. The topological polar surface area (TPSA) is 81.5 Å². The van der Waals surface area contributed by atoms with E-state index in [4.69, 9.17) is 4.74 Å². The van der Waals surface area contributed by atoms with Crippen molar-refractivity contribution in [2.24, 2.45) is 0 Å². The van der Waals surface area contributed by atoms with E-state index in [1.165, 1.54) is 36.6 Å². The standard InChI is InChI=1S/C18H20N2O4S/c1-11-5-7-15(9-12(11)2)25-13(3)18(21)19-16-8-6-14(24-4)10-17(16)20(22)23/h5-10,13H,1-4H3,(H,19,21)/t13-/m0/s1. The summed E-state index contributed by atoms with van der Waals surface area (Å²) < 4.78 is 4.99. The average Bonchev–Trinajstić information content (AvgIpc) is 2.58. The van der Waals surface area contributed by atoms with Crippen molar-refractivity contribution in [2.45, 2.75) is 30.9 Å². The van der Waals surface area contributed by atoms with E-state index in [0.29, 0.717) is 5.75 Å². The van der Waals surface area contributed by atoms with Gasteiger partial charge >= 0.3 is 0 Å². The Labute approximate surface area is 150 Å². The van der Waals surface area contributed by atoms with Crippen LogP contribution in [0.25, 0.3) is 0 Å². The van der Waals surface area contributed by atoms with Gasteiger partial charge in [0.25, 0.3) is 5.69 Å². The lowest BCUT2D eigenvalue weighted by Gasteiger charge is -2.13. The second-order valence-electron chi connectivity index (χ2n) is 5.64. The molecular weight excluding hydrogens is 340 g/mol. The molecule has 132 valence electrons. The third kappa shape index (κ3) is 4.73. The van der Waals surface area contributed by atoms with E-state index < -0.39 is 10.2 Å². The monoisotopic (exact) mass is 360 g/mol. The van der Waals surface area contributed by atoms with Crippen molar-refractivity contribution >= 4 is 29.0 Å². The van der Waals surface area contributed by atoms with Crippen LogP contribution in [0.1, 0.15) is 18.1 Å². The molecule has 25 heavy (non-hydrogen) atoms. The molecule has 0 aliphatic carbocycles. The zero-order chi connectivity index (χ0) is 18.6. The summed E-state index contributed by atoms with van der Waals surface area (Å²) in [5.41, 5.74) is 2.30. The summed E-state index contributed by atoms with van der Waals surface area (Å²) in [6.45, 7) is 5.82. The maximum absolute atomic E-state index is 12.4. The Bertz CT molecular complexity index is 808. The Kier molecular flexibility index (Phi) is 6.03. The van der Waals surface area contributed by atoms with Gasteiger partial charge in [-0.2, -0.15) is 0 Å². The Morgan fingerprint density at radius 2 is 1.92 bits per heavy atom. The number of methoxy groups -OCH3 is 1. The molecule has 0 aromatic heterocycles. The number of benzene rings is 2. The first kappa shape index (κ1) is 18.8. The molecule has 0 fully saturated rings. The van der Waals surface area contributed by atoms with Gasteiger partial charge in [-0.3, -0.25) is 14.9 Å². The number of aryl methyl sites for hydroxylation is 2. The van der Waals surface area contributed by atoms with Crippen LogP contribution in [-0.4, -0.2) is 23.2 Å². The zero-order valence-electron chi connectivity index (χ0n) is 14.5. The number of carbonyl (C=O) groups excluding carboxylic acids is 1. The third-order valence-electron chi connectivity index (χ3n) is 3.82. The minimum absolute atomic E-state index is 0.156. The minimum atomic E-state index is -0.542. The SMILES string of the molecule is COc1ccc(NC(=O)[C@H](C)Sc2ccc(C)c(C)c2)c([N+](=O)[O-])c1. The van der Waals surface area contributed by atoms with Crippen LogP contribution in [-0.2, 0) is 4.79 Å². The van der Waals surface area contributed by atoms with Crippen molar-refractivity contribution in [1.82, 2.24) is 0 Å². The number of nitro groups is 1. The third-order valence-corrected chi connectivity index (χ3v) is 4.91. The molecule has 0 heterocycles. The van der Waals surface area contributed by atoms with E-state index in [0.717, 1.165) is 10.5 Å². The van der Waals surface area contributed by atoms with E-state index in [1.807, 2.05) is 32.0 Å². The Hall–Kier alpha value is -2.54. The van der Waals surface area contributed by atoms with E-state index in [2.05, 4.69) is 5.32 Å². The highest BCUT2D eigenvalue weighted by atomic mass is 32.2. The van der Waals surface area contributed by atoms with Gasteiger partial charge in [0.05, 0.1) is 23.3 Å². The van der Waals surface area contributed by atoms with Crippen LogP contribution in [0.3, 0.4) is 0 Å². The maximum Gasteiger partial charge on any atom is 0.296 e. The number of anilines is 1. The molecule has 2 aromatic carbocycles. The fourth-order valence-corrected chi connectivity index (χ4v) is 3.14. The zero-order valence-corrected chi connectivity index (χ0v) is 15.3. The summed E-state index contributed by atoms with van der Waals surface area (Å²) in [5.74, 6) is 0.0683. The Morgan fingerprint density at radius 3 is 2.52 bits per heavy atom. The first-order valence-corrected chi connectivity index (χ1v) is 8.57. The van der Waals surface area contributed by atoms with Crippen LogP contribution in [0, 0.1) is 24.0 Å². The quantitative estimate of drug-likeness (QED) is 0.471. The molecule has 0 aliphatic heterocycles. The van der Waals surface area contributed by atoms with Crippen molar-refractivity contribution in [3.8, 4) is 5.75 Å². The maximum atomic E-state index is 12.4. The van der Waals surface area contributed by atoms with Crippen LogP contribution < -0.4 is 10.1 Å². The normalized spacial score (nSPS) is 11.7. The molecule has 0 spiro atoms. The van der Waals surface area contributed by atoms with Gasteiger partial charge in [0.2, 0.25) is 5.91 Å². The predicted molar refractivity (Wildman–Crippen MR) is 99.5 cm³/mol. The smallest absolute Gasteiger partial charge is 0.296 e. The van der Waals surface area contributed by atoms with E-state index >= 15 is 0 Å². The lowest BCUT2D eigenvalue weighted by molar-refractivity contribution is -0.384. The van der Waals surface area contributed by atoms with E-state index in [-0.39, 0.29) is 17.3 Å². The molecular formula is C18H20N2O4S. The van der Waals surface area contributed by atoms with Gasteiger partial charge in [-0.15, -0.1) is 11.8 Å². The molecule has 1 atom stereocenters. The van der Waals surface area contributed by atoms with Crippen LogP contribution in [0.5, 0.6) is 5.75 Å². The van der Waals surface area contributed by atoms with Gasteiger partial charge in [-0.25, -0.2) is 0 Å². The van der Waals surface area contributed by atoms with Crippen molar-refractivity contribution in [1.29, 1.82) is 0 Å². The number of ether oxygens (including phenoxy) is 1. The molecule has 0 bridgehead atoms. The van der Waals surface area contributed by atoms with Gasteiger partial charge in [0, 0.05) is 4.90 Å². The molecule has 1 amide bonds. The molecule has 0 radical (unpaired) electrons. The average molecular weight is 360 g/mol. The van der Waals surface area contributed by atoms with Crippen molar-refractivity contribution in [3.63, 3.8) is 0 Å². The molecule has 7 heteroatoms. The van der Waals surface area contributed by atoms with E-state index in [9.17, 15) is 14.9 Å². The number of nitrogens with zero attached hydrogens (tertiary/aromatic N) is 1. The van der Waals surface area contributed by atoms with Crippen LogP contribution >= 0.6 is 11.8 Å². The predicted octanol–water partition coefficient (Wildman–Crippen LogP) is 4.34. The number of hydrogen-bond donors (Lipinski definition) is 1. The highest BCUT2D eigenvalue weighted by Gasteiger charge is 2.21. The Morgan fingerprint density at radius 1 is 1.20 bits per heavy atom. The molecule has 6 nitrogen and oxygen atoms in total. The van der Waals surface area contributed by atoms with Gasteiger partial charge in [0.1, 0.15) is 11.4 Å². The number of rotatable bonds is 6. The molecule has 0 saturated heterocycles. The largest absolute Gasteiger partial charge is 0.496 e. The number of hydrogen-bond acceptors (Lipinski definition) is 5. The Balaban J connectivity index is 2.13. The number of carbonyl (C=O) groups is 1. The van der Waals surface area contributed by atoms with Crippen molar-refractivity contribution in [2.75, 3.05) is 12.4 Å². The highest BCUT2D eigenvalue weighted by molar-refractivity contribution is 8.00. The highest BCUT2D eigenvalue weighted by Crippen LogP contribution is 2.31. The fourth-order valence-electron chi connectivity index (χ4n) is 2.17. The van der Waals surface area contributed by atoms with E-state index in [1.54, 1.807) is 13.0 Å². The molecule has 1 N–H and O–H groups in total. The van der Waals surface area contributed by atoms with Gasteiger partial charge < -0.3 is 10.1 Å². The fraction of sp³-hybridized carbons (Fsp3) is 0.278. The van der Waals surface area contributed by atoms with Gasteiger partial charge in [-0.05, 0) is 56.2 Å². The van der Waals surface area contributed by atoms with Crippen LogP contribution in [0.15, 0.2) is 41.3 Å². The molecule has 0 unspecified atom stereocenters. The lowest BCUT2D eigenvalue weighted by Crippen LogP contribution is -2.22. The molecule has 2 rings (SSSR count). The first-order chi connectivity index (χ1) is 11.8. The molecule has 0 aliphatic rings. The minimum Gasteiger partial charge on any atom is -0.496 e. The van der Waals surface area contributed by atoms with Crippen LogP contribution in [0.4, 0.5) is 11.4 Å². The second-order valence-corrected chi connectivity index (χ2v) is 7.05. The van der Waals surface area contributed by atoms with Crippen molar-refractivity contribution in [3.05, 3.63) is 57.6 Å². The lowest BCUT2D eigenvalue weighted by atomic mass is 10.1. The van der Waals surface area contributed by atoms with Gasteiger partial charge in [-0.1, -0.05) is 6.07 Å². The summed E-state index contributed by atoms with van der Waals surface area (Å²) in [5, 5.41) is 13.4. The number of nitrogens with one attached hydrogen (secondary N) is 1. The molecule has 0 saturated carbocycles. The molecule has 2 aromatic rings. The summed E-state index contributed by atoms with van der Waals surface area (Å²) in [6, 6.07) is 10.3. The second kappa shape index (κ2) is 8.02. The summed E-state index contributed by atoms with van der Waals surface area (Å²) in [7, 11) is 1.43. The number of thioether (sulfide) groups is 1.